The van der Waals surface area contributed by atoms with Gasteiger partial charge < -0.3 is 10.1 Å². The summed E-state index contributed by atoms with van der Waals surface area (Å²) in [6.07, 6.45) is -0.685. The highest BCUT2D eigenvalue weighted by atomic mass is 35.5. The SMILES string of the molecule is Cc1cc(O[C@H](C)C(=O)Nc2ccc3c(c2)sc(=O)n3C(C)C)cc(C)c1Cl. The maximum Gasteiger partial charge on any atom is 0.308 e. The van der Waals surface area contributed by atoms with Crippen LogP contribution in [0, 0.1) is 13.8 Å². The van der Waals surface area contributed by atoms with E-state index in [0.29, 0.717) is 16.5 Å². The number of carbonyl (C=O) groups excluding carboxylic acids is 1. The van der Waals surface area contributed by atoms with Crippen molar-refractivity contribution in [1.29, 1.82) is 0 Å². The minimum absolute atomic E-state index is 0.00124. The van der Waals surface area contributed by atoms with Crippen LogP contribution in [0.25, 0.3) is 10.2 Å². The maximum atomic E-state index is 12.5. The number of ether oxygens (including phenoxy) is 1. The average Bonchev–Trinajstić information content (AvgIpc) is 2.94. The number of aryl methyl sites for hydroxylation is 2. The first-order valence-corrected chi connectivity index (χ1v) is 10.3. The van der Waals surface area contributed by atoms with E-state index >= 15 is 0 Å². The number of fused-ring (bicyclic) bond motifs is 1. The number of hydrogen-bond acceptors (Lipinski definition) is 4. The molecule has 1 aromatic heterocycles. The molecule has 0 saturated carbocycles. The van der Waals surface area contributed by atoms with Crippen LogP contribution in [0.5, 0.6) is 5.75 Å². The van der Waals surface area contributed by atoms with Crippen molar-refractivity contribution in [1.82, 2.24) is 4.57 Å². The highest BCUT2D eigenvalue weighted by Crippen LogP contribution is 2.27. The first kappa shape index (κ1) is 20.4. The molecule has 3 aromatic rings. The Morgan fingerprint density at radius 1 is 1.14 bits per heavy atom. The molecule has 0 spiro atoms. The van der Waals surface area contributed by atoms with Gasteiger partial charge in [0.15, 0.2) is 6.10 Å². The van der Waals surface area contributed by atoms with Gasteiger partial charge in [-0.05, 0) is 76.1 Å². The summed E-state index contributed by atoms with van der Waals surface area (Å²) in [6.45, 7) is 9.44. The van der Waals surface area contributed by atoms with Crippen LogP contribution in [0.4, 0.5) is 5.69 Å². The summed E-state index contributed by atoms with van der Waals surface area (Å²) in [6, 6.07) is 9.20. The molecule has 5 nitrogen and oxygen atoms in total. The van der Waals surface area contributed by atoms with Crippen molar-refractivity contribution in [3.63, 3.8) is 0 Å². The Kier molecular flexibility index (Phi) is 5.82. The first-order chi connectivity index (χ1) is 13.2. The third kappa shape index (κ3) is 4.08. The fraction of sp³-hybridized carbons (Fsp3) is 0.333. The maximum absolute atomic E-state index is 12.5. The van der Waals surface area contributed by atoms with Crippen LogP contribution in [0.3, 0.4) is 0 Å². The lowest BCUT2D eigenvalue weighted by molar-refractivity contribution is -0.122. The number of rotatable bonds is 5. The summed E-state index contributed by atoms with van der Waals surface area (Å²) >= 11 is 7.35. The molecule has 1 heterocycles. The standard InChI is InChI=1S/C21H23ClN2O3S/c1-11(2)24-17-7-6-15(10-18(17)28-21(24)26)23-20(25)14(5)27-16-8-12(3)19(22)13(4)9-16/h6-11,14H,1-5H3,(H,23,25)/t14-/m1/s1. The predicted octanol–water partition coefficient (Wildman–Crippen LogP) is 5.32. The number of halogens is 1. The molecule has 3 rings (SSSR count). The van der Waals surface area contributed by atoms with Crippen molar-refractivity contribution >= 4 is 44.7 Å². The number of amides is 1. The Morgan fingerprint density at radius 3 is 2.39 bits per heavy atom. The summed E-state index contributed by atoms with van der Waals surface area (Å²) in [5, 5.41) is 3.56. The van der Waals surface area contributed by atoms with Gasteiger partial charge in [0.2, 0.25) is 0 Å². The fourth-order valence-electron chi connectivity index (χ4n) is 3.08. The van der Waals surface area contributed by atoms with E-state index < -0.39 is 6.10 Å². The van der Waals surface area contributed by atoms with Crippen molar-refractivity contribution in [3.8, 4) is 5.75 Å². The van der Waals surface area contributed by atoms with E-state index in [1.165, 1.54) is 11.3 Å². The summed E-state index contributed by atoms with van der Waals surface area (Å²) in [4.78, 5) is 24.7. The Hall–Kier alpha value is -2.31. The van der Waals surface area contributed by atoms with E-state index in [1.807, 2.05) is 52.0 Å². The molecule has 2 aromatic carbocycles. The second kappa shape index (κ2) is 7.97. The highest BCUT2D eigenvalue weighted by molar-refractivity contribution is 7.16. The third-order valence-corrected chi connectivity index (χ3v) is 6.00. The predicted molar refractivity (Wildman–Crippen MR) is 116 cm³/mol. The molecule has 1 amide bonds. The number of aromatic nitrogens is 1. The van der Waals surface area contributed by atoms with E-state index in [-0.39, 0.29) is 16.8 Å². The second-order valence-corrected chi connectivity index (χ2v) is 8.51. The first-order valence-electron chi connectivity index (χ1n) is 9.06. The Balaban J connectivity index is 1.76. The number of carbonyl (C=O) groups is 1. The number of anilines is 1. The van der Waals surface area contributed by atoms with Crippen molar-refractivity contribution in [2.75, 3.05) is 5.32 Å². The van der Waals surface area contributed by atoms with Gasteiger partial charge in [0.25, 0.3) is 5.91 Å². The summed E-state index contributed by atoms with van der Waals surface area (Å²) in [5.41, 5.74) is 3.31. The molecular weight excluding hydrogens is 396 g/mol. The van der Waals surface area contributed by atoms with E-state index in [1.54, 1.807) is 17.6 Å². The van der Waals surface area contributed by atoms with Gasteiger partial charge in [0.1, 0.15) is 5.75 Å². The number of hydrogen-bond donors (Lipinski definition) is 1. The number of nitrogens with one attached hydrogen (secondary N) is 1. The minimum Gasteiger partial charge on any atom is -0.481 e. The quantitative estimate of drug-likeness (QED) is 0.609. The monoisotopic (exact) mass is 418 g/mol. The van der Waals surface area contributed by atoms with Crippen LogP contribution in [-0.2, 0) is 4.79 Å². The van der Waals surface area contributed by atoms with Crippen molar-refractivity contribution < 1.29 is 9.53 Å². The normalized spacial score (nSPS) is 12.4. The Labute approximate surface area is 172 Å². The van der Waals surface area contributed by atoms with E-state index in [4.69, 9.17) is 16.3 Å². The lowest BCUT2D eigenvalue weighted by Crippen LogP contribution is -2.30. The Bertz CT molecular complexity index is 1080. The van der Waals surface area contributed by atoms with Gasteiger partial charge in [-0.25, -0.2) is 0 Å². The molecule has 0 aliphatic carbocycles. The minimum atomic E-state index is -0.685. The number of nitrogens with zero attached hydrogens (tertiary/aromatic N) is 1. The van der Waals surface area contributed by atoms with Crippen LogP contribution < -0.4 is 14.9 Å². The molecule has 0 aliphatic rings. The lowest BCUT2D eigenvalue weighted by atomic mass is 10.1. The molecule has 7 heteroatoms. The van der Waals surface area contributed by atoms with E-state index in [2.05, 4.69) is 5.32 Å². The van der Waals surface area contributed by atoms with Crippen LogP contribution >= 0.6 is 22.9 Å². The fourth-order valence-corrected chi connectivity index (χ4v) is 4.24. The van der Waals surface area contributed by atoms with Crippen LogP contribution in [0.2, 0.25) is 5.02 Å². The van der Waals surface area contributed by atoms with Gasteiger partial charge in [-0.2, -0.15) is 0 Å². The van der Waals surface area contributed by atoms with Crippen LogP contribution in [0.15, 0.2) is 35.1 Å². The molecule has 1 N–H and O–H groups in total. The molecule has 0 aliphatic heterocycles. The molecule has 0 bridgehead atoms. The van der Waals surface area contributed by atoms with Gasteiger partial charge in [0.05, 0.1) is 10.2 Å². The van der Waals surface area contributed by atoms with E-state index in [0.717, 1.165) is 21.3 Å². The van der Waals surface area contributed by atoms with Gasteiger partial charge in [-0.15, -0.1) is 0 Å². The summed E-state index contributed by atoms with van der Waals surface area (Å²) in [7, 11) is 0. The van der Waals surface area contributed by atoms with Crippen LogP contribution in [0.1, 0.15) is 37.9 Å². The average molecular weight is 419 g/mol. The summed E-state index contributed by atoms with van der Waals surface area (Å²) in [5.74, 6) is 0.338. The Morgan fingerprint density at radius 2 is 1.79 bits per heavy atom. The zero-order valence-electron chi connectivity index (χ0n) is 16.5. The highest BCUT2D eigenvalue weighted by Gasteiger charge is 2.17. The van der Waals surface area contributed by atoms with Crippen molar-refractivity contribution in [2.24, 2.45) is 0 Å². The summed E-state index contributed by atoms with van der Waals surface area (Å²) < 4.78 is 8.38. The van der Waals surface area contributed by atoms with Crippen molar-refractivity contribution in [3.05, 3.63) is 56.1 Å². The molecule has 0 radical (unpaired) electrons. The van der Waals surface area contributed by atoms with Crippen molar-refractivity contribution in [2.45, 2.75) is 46.8 Å². The number of thiazole rings is 1. The molecule has 0 unspecified atom stereocenters. The molecule has 28 heavy (non-hydrogen) atoms. The largest absolute Gasteiger partial charge is 0.481 e. The number of benzene rings is 2. The van der Waals surface area contributed by atoms with Gasteiger partial charge in [-0.3, -0.25) is 14.2 Å². The van der Waals surface area contributed by atoms with Crippen LogP contribution in [-0.4, -0.2) is 16.6 Å². The molecule has 148 valence electrons. The van der Waals surface area contributed by atoms with Gasteiger partial charge >= 0.3 is 4.87 Å². The molecule has 0 fully saturated rings. The van der Waals surface area contributed by atoms with Gasteiger partial charge in [-0.1, -0.05) is 22.9 Å². The molecule has 0 saturated heterocycles. The topological polar surface area (TPSA) is 60.3 Å². The zero-order valence-corrected chi connectivity index (χ0v) is 18.1. The third-order valence-electron chi connectivity index (χ3n) is 4.49. The second-order valence-electron chi connectivity index (χ2n) is 7.13. The smallest absolute Gasteiger partial charge is 0.308 e. The van der Waals surface area contributed by atoms with Gasteiger partial charge in [0, 0.05) is 16.8 Å². The zero-order chi connectivity index (χ0) is 20.6. The molecular formula is C21H23ClN2O3S. The lowest BCUT2D eigenvalue weighted by Gasteiger charge is -2.16. The van der Waals surface area contributed by atoms with E-state index in [9.17, 15) is 9.59 Å². The molecule has 1 atom stereocenters.